The summed E-state index contributed by atoms with van der Waals surface area (Å²) in [4.78, 5) is 14.5. The molecule has 0 spiro atoms. The van der Waals surface area contributed by atoms with E-state index in [9.17, 15) is 9.90 Å². The van der Waals surface area contributed by atoms with Crippen LogP contribution >= 0.6 is 11.3 Å². The second-order valence-corrected chi connectivity index (χ2v) is 6.73. The van der Waals surface area contributed by atoms with Crippen LogP contribution < -0.4 is 10.5 Å². The first-order chi connectivity index (χ1) is 9.73. The fourth-order valence-electron chi connectivity index (χ4n) is 2.21. The van der Waals surface area contributed by atoms with Gasteiger partial charge >= 0.3 is 0 Å². The second-order valence-electron chi connectivity index (χ2n) is 5.68. The van der Waals surface area contributed by atoms with Gasteiger partial charge < -0.3 is 20.5 Å². The summed E-state index contributed by atoms with van der Waals surface area (Å²) in [5.41, 5.74) is 5.62. The first-order valence-corrected chi connectivity index (χ1v) is 7.38. The van der Waals surface area contributed by atoms with Crippen molar-refractivity contribution in [3.63, 3.8) is 0 Å². The fourth-order valence-corrected chi connectivity index (χ4v) is 3.35. The Morgan fingerprint density at radius 3 is 2.71 bits per heavy atom. The molecule has 2 aromatic rings. The molecule has 3 N–H and O–H groups in total. The Balaban J connectivity index is 2.37. The van der Waals surface area contributed by atoms with Crippen molar-refractivity contribution in [3.8, 4) is 5.75 Å². The third-order valence-electron chi connectivity index (χ3n) is 3.10. The first kappa shape index (κ1) is 15.6. The molecule has 0 saturated heterocycles. The van der Waals surface area contributed by atoms with Gasteiger partial charge in [-0.3, -0.25) is 4.79 Å². The molecule has 0 radical (unpaired) electrons. The minimum Gasteiger partial charge on any atom is -0.497 e. The Kier molecular flexibility index (Phi) is 4.11. The molecule has 21 heavy (non-hydrogen) atoms. The van der Waals surface area contributed by atoms with Crippen LogP contribution in [-0.2, 0) is 0 Å². The molecular formula is C15H20N2O3S. The number of carbonyl (C=O) groups is 1. The largest absolute Gasteiger partial charge is 0.497 e. The summed E-state index contributed by atoms with van der Waals surface area (Å²) in [7, 11) is 3.26. The SMILES string of the molecule is COc1ccc2c(N)c(C(=O)N(C)CC(C)(C)O)sc2c1. The van der Waals surface area contributed by atoms with E-state index in [0.717, 1.165) is 15.8 Å². The Morgan fingerprint density at radius 1 is 1.48 bits per heavy atom. The number of fused-ring (bicyclic) bond motifs is 1. The predicted molar refractivity (Wildman–Crippen MR) is 86.0 cm³/mol. The zero-order valence-corrected chi connectivity index (χ0v) is 13.5. The van der Waals surface area contributed by atoms with E-state index in [-0.39, 0.29) is 12.5 Å². The lowest BCUT2D eigenvalue weighted by molar-refractivity contribution is 0.0371. The van der Waals surface area contributed by atoms with E-state index in [1.165, 1.54) is 16.2 Å². The lowest BCUT2D eigenvalue weighted by Crippen LogP contribution is -2.39. The number of nitrogens with zero attached hydrogens (tertiary/aromatic N) is 1. The van der Waals surface area contributed by atoms with Crippen LogP contribution in [0.15, 0.2) is 18.2 Å². The van der Waals surface area contributed by atoms with Crippen LogP contribution in [0.1, 0.15) is 23.5 Å². The Hall–Kier alpha value is -1.79. The number of methoxy groups -OCH3 is 1. The van der Waals surface area contributed by atoms with Gasteiger partial charge in [-0.15, -0.1) is 11.3 Å². The maximum atomic E-state index is 12.5. The van der Waals surface area contributed by atoms with Crippen LogP contribution in [-0.4, -0.2) is 42.2 Å². The highest BCUT2D eigenvalue weighted by Crippen LogP contribution is 2.36. The number of likely N-dealkylation sites (N-methyl/N-ethyl adjacent to an activating group) is 1. The van der Waals surface area contributed by atoms with Crippen molar-refractivity contribution in [2.45, 2.75) is 19.4 Å². The quantitative estimate of drug-likeness (QED) is 0.909. The summed E-state index contributed by atoms with van der Waals surface area (Å²) in [5.74, 6) is 0.544. The zero-order valence-electron chi connectivity index (χ0n) is 12.6. The molecule has 0 atom stereocenters. The van der Waals surface area contributed by atoms with Crippen molar-refractivity contribution in [3.05, 3.63) is 23.1 Å². The number of amides is 1. The molecule has 5 nitrogen and oxygen atoms in total. The number of carbonyl (C=O) groups excluding carboxylic acids is 1. The highest BCUT2D eigenvalue weighted by Gasteiger charge is 2.24. The second kappa shape index (κ2) is 5.54. The molecule has 1 amide bonds. The van der Waals surface area contributed by atoms with Gasteiger partial charge in [0.2, 0.25) is 0 Å². The molecule has 114 valence electrons. The van der Waals surface area contributed by atoms with Gasteiger partial charge in [-0.2, -0.15) is 0 Å². The summed E-state index contributed by atoms with van der Waals surface area (Å²) in [6.45, 7) is 3.56. The number of hydrogen-bond acceptors (Lipinski definition) is 5. The van der Waals surface area contributed by atoms with Gasteiger partial charge in [0.25, 0.3) is 5.91 Å². The maximum absolute atomic E-state index is 12.5. The van der Waals surface area contributed by atoms with Crippen molar-refractivity contribution < 1.29 is 14.6 Å². The van der Waals surface area contributed by atoms with Gasteiger partial charge in [0.15, 0.2) is 0 Å². The number of rotatable bonds is 4. The van der Waals surface area contributed by atoms with Crippen molar-refractivity contribution in [2.24, 2.45) is 0 Å². The van der Waals surface area contributed by atoms with Gasteiger partial charge in [0.05, 0.1) is 18.4 Å². The van der Waals surface area contributed by atoms with E-state index >= 15 is 0 Å². The number of anilines is 1. The summed E-state index contributed by atoms with van der Waals surface area (Å²) >= 11 is 1.34. The van der Waals surface area contributed by atoms with Crippen molar-refractivity contribution in [1.82, 2.24) is 4.90 Å². The van der Waals surface area contributed by atoms with Gasteiger partial charge in [-0.1, -0.05) is 0 Å². The average Bonchev–Trinajstić information content (AvgIpc) is 2.72. The molecule has 2 rings (SSSR count). The Labute approximate surface area is 127 Å². The number of nitrogens with two attached hydrogens (primary N) is 1. The topological polar surface area (TPSA) is 75.8 Å². The molecule has 1 aromatic carbocycles. The van der Waals surface area contributed by atoms with Gasteiger partial charge in [0, 0.05) is 23.7 Å². The van der Waals surface area contributed by atoms with Gasteiger partial charge in [-0.05, 0) is 32.0 Å². The molecule has 0 fully saturated rings. The number of hydrogen-bond donors (Lipinski definition) is 2. The summed E-state index contributed by atoms with van der Waals surface area (Å²) < 4.78 is 6.09. The Morgan fingerprint density at radius 2 is 2.14 bits per heavy atom. The third-order valence-corrected chi connectivity index (χ3v) is 4.26. The molecule has 1 aromatic heterocycles. The number of aliphatic hydroxyl groups is 1. The highest BCUT2D eigenvalue weighted by molar-refractivity contribution is 7.21. The van der Waals surface area contributed by atoms with E-state index in [2.05, 4.69) is 0 Å². The van der Waals surface area contributed by atoms with Crippen molar-refractivity contribution in [2.75, 3.05) is 26.4 Å². The van der Waals surface area contributed by atoms with Crippen LogP contribution in [0.4, 0.5) is 5.69 Å². The number of thiophene rings is 1. The molecule has 6 heteroatoms. The summed E-state index contributed by atoms with van der Waals surface area (Å²) in [5, 5.41) is 10.7. The van der Waals surface area contributed by atoms with Crippen LogP contribution in [0, 0.1) is 0 Å². The molecule has 0 aliphatic carbocycles. The minimum absolute atomic E-state index is 0.185. The number of nitrogen functional groups attached to an aromatic ring is 1. The molecule has 0 aliphatic heterocycles. The molecular weight excluding hydrogens is 288 g/mol. The number of ether oxygens (including phenoxy) is 1. The average molecular weight is 308 g/mol. The lowest BCUT2D eigenvalue weighted by atomic mass is 10.1. The van der Waals surface area contributed by atoms with Crippen molar-refractivity contribution >= 4 is 33.0 Å². The normalized spacial score (nSPS) is 11.7. The summed E-state index contributed by atoms with van der Waals surface area (Å²) in [6.07, 6.45) is 0. The molecule has 0 unspecified atom stereocenters. The molecule has 0 saturated carbocycles. The number of benzene rings is 1. The van der Waals surface area contributed by atoms with E-state index < -0.39 is 5.60 Å². The minimum atomic E-state index is -0.945. The van der Waals surface area contributed by atoms with Crippen LogP contribution in [0.25, 0.3) is 10.1 Å². The van der Waals surface area contributed by atoms with E-state index in [1.54, 1.807) is 28.0 Å². The predicted octanol–water partition coefficient (Wildman–Crippen LogP) is 2.33. The maximum Gasteiger partial charge on any atom is 0.265 e. The summed E-state index contributed by atoms with van der Waals surface area (Å²) in [6, 6.07) is 5.54. The van der Waals surface area contributed by atoms with E-state index in [4.69, 9.17) is 10.5 Å². The van der Waals surface area contributed by atoms with E-state index in [0.29, 0.717) is 10.6 Å². The van der Waals surface area contributed by atoms with Crippen LogP contribution in [0.3, 0.4) is 0 Å². The highest BCUT2D eigenvalue weighted by atomic mass is 32.1. The molecule has 0 bridgehead atoms. The van der Waals surface area contributed by atoms with Crippen LogP contribution in [0.5, 0.6) is 5.75 Å². The molecule has 1 heterocycles. The lowest BCUT2D eigenvalue weighted by Gasteiger charge is -2.25. The van der Waals surface area contributed by atoms with E-state index in [1.807, 2.05) is 18.2 Å². The fraction of sp³-hybridized carbons (Fsp3) is 0.400. The van der Waals surface area contributed by atoms with Gasteiger partial charge in [0.1, 0.15) is 10.6 Å². The zero-order chi connectivity index (χ0) is 15.8. The Bertz CT molecular complexity index is 673. The first-order valence-electron chi connectivity index (χ1n) is 6.57. The smallest absolute Gasteiger partial charge is 0.265 e. The van der Waals surface area contributed by atoms with Crippen LogP contribution in [0.2, 0.25) is 0 Å². The van der Waals surface area contributed by atoms with Gasteiger partial charge in [-0.25, -0.2) is 0 Å². The van der Waals surface area contributed by atoms with Crippen molar-refractivity contribution in [1.29, 1.82) is 0 Å². The molecule has 0 aliphatic rings. The standard InChI is InChI=1S/C15H20N2O3S/c1-15(2,19)8-17(3)14(18)13-12(16)10-6-5-9(20-4)7-11(10)21-13/h5-7,19H,8,16H2,1-4H3. The third kappa shape index (κ3) is 3.28. The monoisotopic (exact) mass is 308 g/mol.